The highest BCUT2D eigenvalue weighted by molar-refractivity contribution is 6.02. The molecule has 3 nitrogen and oxygen atoms in total. The second kappa shape index (κ2) is 6.05. The van der Waals surface area contributed by atoms with E-state index >= 15 is 0 Å². The third kappa shape index (κ3) is 3.35. The van der Waals surface area contributed by atoms with Crippen molar-refractivity contribution in [2.45, 2.75) is 20.3 Å². The van der Waals surface area contributed by atoms with Gasteiger partial charge in [-0.25, -0.2) is 0 Å². The molecular formula is C16H17NO2. The summed E-state index contributed by atoms with van der Waals surface area (Å²) in [6.07, 6.45) is 5.59. The third-order valence-electron chi connectivity index (χ3n) is 2.93. The Morgan fingerprint density at radius 1 is 1.32 bits per heavy atom. The van der Waals surface area contributed by atoms with Crippen LogP contribution >= 0.6 is 0 Å². The molecule has 1 aromatic carbocycles. The molecule has 2 rings (SSSR count). The van der Waals surface area contributed by atoms with Gasteiger partial charge in [0.25, 0.3) is 0 Å². The first-order valence-electron chi connectivity index (χ1n) is 6.31. The molecule has 2 aromatic rings. The smallest absolute Gasteiger partial charge is 0.248 e. The number of carbonyl (C=O) groups excluding carboxylic acids is 1. The highest BCUT2D eigenvalue weighted by Crippen LogP contribution is 2.21. The van der Waals surface area contributed by atoms with Crippen LogP contribution in [0.15, 0.2) is 47.1 Å². The number of nitrogens with one attached hydrogen (secondary N) is 1. The summed E-state index contributed by atoms with van der Waals surface area (Å²) < 4.78 is 5.14. The molecule has 1 aromatic heterocycles. The van der Waals surface area contributed by atoms with E-state index in [1.54, 1.807) is 24.5 Å². The number of hydrogen-bond acceptors (Lipinski definition) is 2. The second-order valence-electron chi connectivity index (χ2n) is 4.30. The van der Waals surface area contributed by atoms with Gasteiger partial charge in [-0.2, -0.15) is 0 Å². The van der Waals surface area contributed by atoms with Crippen LogP contribution in [0.25, 0.3) is 6.08 Å². The van der Waals surface area contributed by atoms with E-state index in [1.165, 1.54) is 6.08 Å². The van der Waals surface area contributed by atoms with Crippen molar-refractivity contribution >= 4 is 17.7 Å². The van der Waals surface area contributed by atoms with Gasteiger partial charge in [-0.15, -0.1) is 0 Å². The molecule has 0 atom stereocenters. The van der Waals surface area contributed by atoms with E-state index in [2.05, 4.69) is 12.2 Å². The Bertz CT molecular complexity index is 583. The molecule has 0 fully saturated rings. The van der Waals surface area contributed by atoms with Crippen LogP contribution < -0.4 is 5.32 Å². The van der Waals surface area contributed by atoms with E-state index < -0.39 is 0 Å². The number of aryl methyl sites for hydroxylation is 2. The molecular weight excluding hydrogens is 238 g/mol. The molecule has 0 spiro atoms. The van der Waals surface area contributed by atoms with Crippen molar-refractivity contribution in [1.82, 2.24) is 0 Å². The zero-order valence-electron chi connectivity index (χ0n) is 11.1. The van der Waals surface area contributed by atoms with Gasteiger partial charge in [-0.05, 0) is 42.7 Å². The minimum atomic E-state index is -0.152. The summed E-state index contributed by atoms with van der Waals surface area (Å²) in [5.41, 5.74) is 3.11. The van der Waals surface area contributed by atoms with E-state index in [0.29, 0.717) is 5.76 Å². The molecule has 1 amide bonds. The number of benzene rings is 1. The lowest BCUT2D eigenvalue weighted by molar-refractivity contribution is -0.111. The predicted molar refractivity (Wildman–Crippen MR) is 76.9 cm³/mol. The van der Waals surface area contributed by atoms with Crippen LogP contribution in [0, 0.1) is 6.92 Å². The summed E-state index contributed by atoms with van der Waals surface area (Å²) in [6.45, 7) is 4.06. The largest absolute Gasteiger partial charge is 0.465 e. The van der Waals surface area contributed by atoms with E-state index in [4.69, 9.17) is 4.42 Å². The molecule has 0 unspecified atom stereocenters. The number of para-hydroxylation sites is 1. The lowest BCUT2D eigenvalue weighted by Gasteiger charge is -2.11. The quantitative estimate of drug-likeness (QED) is 0.844. The Labute approximate surface area is 112 Å². The zero-order valence-corrected chi connectivity index (χ0v) is 11.1. The second-order valence-corrected chi connectivity index (χ2v) is 4.30. The van der Waals surface area contributed by atoms with Crippen LogP contribution in [0.5, 0.6) is 0 Å². The van der Waals surface area contributed by atoms with Crippen molar-refractivity contribution in [2.24, 2.45) is 0 Å². The molecule has 3 heteroatoms. The summed E-state index contributed by atoms with van der Waals surface area (Å²) in [5, 5.41) is 2.92. The van der Waals surface area contributed by atoms with Gasteiger partial charge < -0.3 is 9.73 Å². The molecule has 0 aliphatic carbocycles. The lowest BCUT2D eigenvalue weighted by Crippen LogP contribution is -2.10. The van der Waals surface area contributed by atoms with Gasteiger partial charge in [0, 0.05) is 11.8 Å². The van der Waals surface area contributed by atoms with Gasteiger partial charge in [0.15, 0.2) is 0 Å². The average Bonchev–Trinajstić information content (AvgIpc) is 2.92. The van der Waals surface area contributed by atoms with Gasteiger partial charge >= 0.3 is 0 Å². The predicted octanol–water partition coefficient (Wildman–Crippen LogP) is 3.80. The Morgan fingerprint density at radius 3 is 2.84 bits per heavy atom. The zero-order chi connectivity index (χ0) is 13.7. The van der Waals surface area contributed by atoms with Crippen LogP contribution in [0.2, 0.25) is 0 Å². The molecule has 19 heavy (non-hydrogen) atoms. The molecule has 0 radical (unpaired) electrons. The fraction of sp³-hybridized carbons (Fsp3) is 0.188. The number of anilines is 1. The maximum absolute atomic E-state index is 11.9. The van der Waals surface area contributed by atoms with Crippen LogP contribution in [0.4, 0.5) is 5.69 Å². The highest BCUT2D eigenvalue weighted by Gasteiger charge is 2.06. The number of rotatable bonds is 4. The summed E-state index contributed by atoms with van der Waals surface area (Å²) in [6, 6.07) is 9.61. The first-order chi connectivity index (χ1) is 9.20. The van der Waals surface area contributed by atoms with Crippen LogP contribution in [-0.4, -0.2) is 5.91 Å². The van der Waals surface area contributed by atoms with Crippen molar-refractivity contribution < 1.29 is 9.21 Å². The average molecular weight is 255 g/mol. The molecule has 0 bridgehead atoms. The minimum absolute atomic E-state index is 0.152. The van der Waals surface area contributed by atoms with Crippen molar-refractivity contribution in [1.29, 1.82) is 0 Å². The summed E-state index contributed by atoms with van der Waals surface area (Å²) in [7, 11) is 0. The summed E-state index contributed by atoms with van der Waals surface area (Å²) in [4.78, 5) is 11.9. The fourth-order valence-electron chi connectivity index (χ4n) is 1.91. The molecule has 1 N–H and O–H groups in total. The number of carbonyl (C=O) groups is 1. The first kappa shape index (κ1) is 13.1. The highest BCUT2D eigenvalue weighted by atomic mass is 16.3. The molecule has 1 heterocycles. The number of furan rings is 1. The van der Waals surface area contributed by atoms with Crippen molar-refractivity contribution in [2.75, 3.05) is 5.32 Å². The first-order valence-corrected chi connectivity index (χ1v) is 6.31. The Kier molecular flexibility index (Phi) is 4.18. The Balaban J connectivity index is 2.11. The van der Waals surface area contributed by atoms with Gasteiger partial charge in [-0.1, -0.05) is 25.1 Å². The van der Waals surface area contributed by atoms with Crippen molar-refractivity contribution in [3.05, 3.63) is 59.6 Å². The van der Waals surface area contributed by atoms with Gasteiger partial charge in [0.2, 0.25) is 5.91 Å². The van der Waals surface area contributed by atoms with Crippen LogP contribution in [0.1, 0.15) is 23.8 Å². The maximum atomic E-state index is 11.9. The molecule has 0 saturated carbocycles. The molecule has 98 valence electrons. The number of hydrogen-bond donors (Lipinski definition) is 1. The summed E-state index contributed by atoms with van der Waals surface area (Å²) in [5.74, 6) is 0.510. The SMILES string of the molecule is CCc1cccc(C)c1NC(=O)C=Cc1ccco1. The van der Waals surface area contributed by atoms with E-state index in [-0.39, 0.29) is 5.91 Å². The van der Waals surface area contributed by atoms with E-state index in [0.717, 1.165) is 23.2 Å². The maximum Gasteiger partial charge on any atom is 0.248 e. The lowest BCUT2D eigenvalue weighted by atomic mass is 10.1. The van der Waals surface area contributed by atoms with Gasteiger partial charge in [-0.3, -0.25) is 4.79 Å². The monoisotopic (exact) mass is 255 g/mol. The fourth-order valence-corrected chi connectivity index (χ4v) is 1.91. The molecule has 0 saturated heterocycles. The Morgan fingerprint density at radius 2 is 2.16 bits per heavy atom. The standard InChI is InChI=1S/C16H17NO2/c1-3-13-7-4-6-12(2)16(13)17-15(18)10-9-14-8-5-11-19-14/h4-11H,3H2,1-2H3,(H,17,18). The topological polar surface area (TPSA) is 42.2 Å². The van der Waals surface area contributed by atoms with E-state index in [1.807, 2.05) is 25.1 Å². The molecule has 0 aliphatic rings. The normalized spacial score (nSPS) is 10.8. The minimum Gasteiger partial charge on any atom is -0.465 e. The third-order valence-corrected chi connectivity index (χ3v) is 2.93. The summed E-state index contributed by atoms with van der Waals surface area (Å²) >= 11 is 0. The van der Waals surface area contributed by atoms with Crippen molar-refractivity contribution in [3.8, 4) is 0 Å². The van der Waals surface area contributed by atoms with Crippen molar-refractivity contribution in [3.63, 3.8) is 0 Å². The van der Waals surface area contributed by atoms with E-state index in [9.17, 15) is 4.79 Å². The molecule has 0 aliphatic heterocycles. The Hall–Kier alpha value is -2.29. The van der Waals surface area contributed by atoms with Gasteiger partial charge in [0.1, 0.15) is 5.76 Å². The van der Waals surface area contributed by atoms with Crippen LogP contribution in [0.3, 0.4) is 0 Å². The van der Waals surface area contributed by atoms with Gasteiger partial charge in [0.05, 0.1) is 6.26 Å². The number of amides is 1. The van der Waals surface area contributed by atoms with Crippen LogP contribution in [-0.2, 0) is 11.2 Å².